The number of aromatic nitrogens is 4. The van der Waals surface area contributed by atoms with E-state index in [2.05, 4.69) is 17.0 Å². The van der Waals surface area contributed by atoms with E-state index in [0.717, 1.165) is 22.6 Å². The van der Waals surface area contributed by atoms with Crippen LogP contribution in [0.4, 0.5) is 0 Å². The molecule has 0 radical (unpaired) electrons. The van der Waals surface area contributed by atoms with Crippen molar-refractivity contribution < 1.29 is 14.2 Å². The van der Waals surface area contributed by atoms with Crippen molar-refractivity contribution in [2.75, 3.05) is 13.9 Å². The van der Waals surface area contributed by atoms with E-state index in [-0.39, 0.29) is 6.79 Å². The Labute approximate surface area is 138 Å². The molecule has 1 aliphatic heterocycles. The molecule has 1 fully saturated rings. The average Bonchev–Trinajstić information content (AvgIpc) is 3.02. The van der Waals surface area contributed by atoms with Gasteiger partial charge >= 0.3 is 0 Å². The van der Waals surface area contributed by atoms with Gasteiger partial charge in [-0.2, -0.15) is 5.10 Å². The molecule has 0 spiro atoms. The summed E-state index contributed by atoms with van der Waals surface area (Å²) >= 11 is 0. The number of fused-ring (bicyclic) bond motifs is 2. The monoisotopic (exact) mass is 326 g/mol. The first-order valence-corrected chi connectivity index (χ1v) is 8.16. The molecule has 7 nitrogen and oxygen atoms in total. The summed E-state index contributed by atoms with van der Waals surface area (Å²) < 4.78 is 18.4. The minimum Gasteiger partial charge on any atom is -0.496 e. The van der Waals surface area contributed by atoms with Crippen LogP contribution in [-0.2, 0) is 0 Å². The number of benzene rings is 1. The second kappa shape index (κ2) is 4.90. The third kappa shape index (κ3) is 1.97. The van der Waals surface area contributed by atoms with Crippen LogP contribution in [0, 0.1) is 5.92 Å². The zero-order chi connectivity index (χ0) is 16.3. The van der Waals surface area contributed by atoms with Gasteiger partial charge in [-0.25, -0.2) is 9.67 Å². The van der Waals surface area contributed by atoms with Gasteiger partial charge in [-0.15, -0.1) is 0 Å². The number of hydrogen-bond acceptors (Lipinski definition) is 5. The lowest BCUT2D eigenvalue weighted by atomic mass is 10.1. The van der Waals surface area contributed by atoms with Gasteiger partial charge in [0, 0.05) is 6.07 Å². The van der Waals surface area contributed by atoms with Crippen LogP contribution in [0.5, 0.6) is 17.2 Å². The van der Waals surface area contributed by atoms with Crippen LogP contribution in [-0.4, -0.2) is 33.7 Å². The highest BCUT2D eigenvalue weighted by molar-refractivity contribution is 5.79. The first kappa shape index (κ1) is 13.7. The Morgan fingerprint density at radius 1 is 1.29 bits per heavy atom. The summed E-state index contributed by atoms with van der Waals surface area (Å²) in [6, 6.07) is 4.11. The van der Waals surface area contributed by atoms with Gasteiger partial charge in [0.05, 0.1) is 24.9 Å². The van der Waals surface area contributed by atoms with Gasteiger partial charge in [0.15, 0.2) is 17.1 Å². The Morgan fingerprint density at radius 2 is 2.08 bits per heavy atom. The van der Waals surface area contributed by atoms with Crippen molar-refractivity contribution in [1.29, 1.82) is 0 Å². The molecule has 1 aliphatic carbocycles. The number of hydrogen-bond donors (Lipinski definition) is 1. The van der Waals surface area contributed by atoms with Crippen molar-refractivity contribution in [1.82, 2.24) is 19.7 Å². The Bertz CT molecular complexity index is 925. The number of nitrogens with zero attached hydrogens (tertiary/aromatic N) is 3. The molecule has 24 heavy (non-hydrogen) atoms. The van der Waals surface area contributed by atoms with Crippen molar-refractivity contribution in [3.05, 3.63) is 18.3 Å². The molecular weight excluding hydrogens is 308 g/mol. The van der Waals surface area contributed by atoms with Gasteiger partial charge in [-0.3, -0.25) is 0 Å². The minimum atomic E-state index is 0.232. The van der Waals surface area contributed by atoms with Crippen LogP contribution in [0.3, 0.4) is 0 Å². The number of nitrogens with one attached hydrogen (secondary N) is 1. The van der Waals surface area contributed by atoms with Gasteiger partial charge < -0.3 is 19.2 Å². The standard InChI is InChI=1S/C17H18N4O3/c1-9(10-3-4-10)21-17-12(7-18-21)19-16(20-17)11-5-14-15(24-8-23-14)6-13(11)22-2/h5-7,9-10H,3-4,8H2,1-2H3,(H,19,20)/t9-/m0/s1. The first-order chi connectivity index (χ1) is 11.7. The van der Waals surface area contributed by atoms with Crippen LogP contribution in [0.2, 0.25) is 0 Å². The lowest BCUT2D eigenvalue weighted by molar-refractivity contribution is 0.174. The smallest absolute Gasteiger partial charge is 0.231 e. The number of aromatic amines is 1. The molecule has 2 aliphatic rings. The van der Waals surface area contributed by atoms with Crippen molar-refractivity contribution in [2.24, 2.45) is 5.92 Å². The topological polar surface area (TPSA) is 74.2 Å². The summed E-state index contributed by atoms with van der Waals surface area (Å²) in [5, 5.41) is 4.50. The maximum atomic E-state index is 5.51. The zero-order valence-corrected chi connectivity index (χ0v) is 13.6. The van der Waals surface area contributed by atoms with Crippen molar-refractivity contribution in [3.63, 3.8) is 0 Å². The Balaban J connectivity index is 1.62. The molecular formula is C17H18N4O3. The van der Waals surface area contributed by atoms with E-state index in [9.17, 15) is 0 Å². The molecule has 1 N–H and O–H groups in total. The predicted molar refractivity (Wildman–Crippen MR) is 87.4 cm³/mol. The second-order valence-corrected chi connectivity index (χ2v) is 6.40. The molecule has 1 aromatic carbocycles. The third-order valence-electron chi connectivity index (χ3n) is 4.88. The molecule has 2 aromatic heterocycles. The molecule has 5 rings (SSSR count). The Morgan fingerprint density at radius 3 is 2.83 bits per heavy atom. The summed E-state index contributed by atoms with van der Waals surface area (Å²) in [5.41, 5.74) is 2.66. The lowest BCUT2D eigenvalue weighted by Crippen LogP contribution is -2.08. The molecule has 1 saturated carbocycles. The van der Waals surface area contributed by atoms with Crippen LogP contribution in [0.25, 0.3) is 22.6 Å². The van der Waals surface area contributed by atoms with Gasteiger partial charge in [0.25, 0.3) is 0 Å². The number of methoxy groups -OCH3 is 1. The van der Waals surface area contributed by atoms with E-state index in [4.69, 9.17) is 19.2 Å². The normalized spacial score (nSPS) is 17.4. The maximum Gasteiger partial charge on any atom is 0.231 e. The van der Waals surface area contributed by atoms with Crippen LogP contribution in [0.1, 0.15) is 25.8 Å². The van der Waals surface area contributed by atoms with E-state index in [1.165, 1.54) is 12.8 Å². The lowest BCUT2D eigenvalue weighted by Gasteiger charge is -2.10. The van der Waals surface area contributed by atoms with Gasteiger partial charge in [0.1, 0.15) is 17.1 Å². The van der Waals surface area contributed by atoms with Crippen molar-refractivity contribution in [3.8, 4) is 28.6 Å². The molecule has 3 heterocycles. The van der Waals surface area contributed by atoms with E-state index in [1.54, 1.807) is 7.11 Å². The second-order valence-electron chi connectivity index (χ2n) is 6.40. The van der Waals surface area contributed by atoms with Crippen LogP contribution in [0.15, 0.2) is 18.3 Å². The first-order valence-electron chi connectivity index (χ1n) is 8.16. The largest absolute Gasteiger partial charge is 0.496 e. The molecule has 0 amide bonds. The quantitative estimate of drug-likeness (QED) is 0.797. The summed E-state index contributed by atoms with van der Waals surface area (Å²) in [6.45, 7) is 2.44. The highest BCUT2D eigenvalue weighted by Gasteiger charge is 2.31. The third-order valence-corrected chi connectivity index (χ3v) is 4.88. The molecule has 0 unspecified atom stereocenters. The number of ether oxygens (including phenoxy) is 3. The average molecular weight is 326 g/mol. The fourth-order valence-corrected chi connectivity index (χ4v) is 3.30. The fraction of sp³-hybridized carbons (Fsp3) is 0.412. The number of imidazole rings is 1. The minimum absolute atomic E-state index is 0.232. The summed E-state index contributed by atoms with van der Waals surface area (Å²) in [7, 11) is 1.64. The van der Waals surface area contributed by atoms with Gasteiger partial charge in [-0.05, 0) is 31.7 Å². The van der Waals surface area contributed by atoms with Crippen LogP contribution < -0.4 is 14.2 Å². The van der Waals surface area contributed by atoms with E-state index >= 15 is 0 Å². The van der Waals surface area contributed by atoms with E-state index < -0.39 is 0 Å². The summed E-state index contributed by atoms with van der Waals surface area (Å²) in [6.07, 6.45) is 4.38. The summed E-state index contributed by atoms with van der Waals surface area (Å²) in [5.74, 6) is 3.56. The highest BCUT2D eigenvalue weighted by Crippen LogP contribution is 2.43. The van der Waals surface area contributed by atoms with Crippen LogP contribution >= 0.6 is 0 Å². The SMILES string of the molecule is COc1cc2c(cc1-c1nc3c(cnn3[C@@H](C)C3CC3)[nH]1)OCO2. The van der Waals surface area contributed by atoms with Gasteiger partial charge in [-0.1, -0.05) is 0 Å². The molecule has 3 aromatic rings. The molecule has 1 atom stereocenters. The zero-order valence-electron chi connectivity index (χ0n) is 13.6. The molecule has 7 heteroatoms. The highest BCUT2D eigenvalue weighted by atomic mass is 16.7. The van der Waals surface area contributed by atoms with E-state index in [0.29, 0.717) is 29.2 Å². The Kier molecular flexibility index (Phi) is 2.80. The predicted octanol–water partition coefficient (Wildman–Crippen LogP) is 3.13. The maximum absolute atomic E-state index is 5.51. The van der Waals surface area contributed by atoms with Gasteiger partial charge in [0.2, 0.25) is 6.79 Å². The number of rotatable bonds is 4. The molecule has 0 saturated heterocycles. The molecule has 0 bridgehead atoms. The number of H-pyrrole nitrogens is 1. The fourth-order valence-electron chi connectivity index (χ4n) is 3.30. The summed E-state index contributed by atoms with van der Waals surface area (Å²) in [4.78, 5) is 8.12. The van der Waals surface area contributed by atoms with Crippen molar-refractivity contribution >= 4 is 11.2 Å². The Hall–Kier alpha value is -2.70. The molecule has 124 valence electrons. The van der Waals surface area contributed by atoms with Crippen molar-refractivity contribution in [2.45, 2.75) is 25.8 Å². The van der Waals surface area contributed by atoms with E-state index in [1.807, 2.05) is 23.0 Å².